The van der Waals surface area contributed by atoms with E-state index in [1.54, 1.807) is 4.90 Å². The van der Waals surface area contributed by atoms with Gasteiger partial charge in [0.15, 0.2) is 0 Å². The normalized spacial score (nSPS) is 13.7. The number of urea groups is 1. The molecule has 0 spiro atoms. The third-order valence-corrected chi connectivity index (χ3v) is 4.78. The van der Waals surface area contributed by atoms with Gasteiger partial charge in [-0.15, -0.1) is 0 Å². The highest BCUT2D eigenvalue weighted by Gasteiger charge is 2.24. The lowest BCUT2D eigenvalue weighted by molar-refractivity contribution is 0.191. The number of carbonyl (C=O) groups excluding carboxylic acids is 1. The van der Waals surface area contributed by atoms with Crippen LogP contribution in [0.3, 0.4) is 0 Å². The number of fused-ring (bicyclic) bond motifs is 1. The maximum absolute atomic E-state index is 13.8. The van der Waals surface area contributed by atoms with E-state index < -0.39 is 11.6 Å². The van der Waals surface area contributed by atoms with Crippen LogP contribution in [0.2, 0.25) is 0 Å². The summed E-state index contributed by atoms with van der Waals surface area (Å²) >= 11 is 0. The molecule has 0 aliphatic carbocycles. The highest BCUT2D eigenvalue weighted by atomic mass is 19.1. The first-order chi connectivity index (χ1) is 11.9. The van der Waals surface area contributed by atoms with Gasteiger partial charge in [0.05, 0.1) is 5.69 Å². The van der Waals surface area contributed by atoms with Crippen LogP contribution in [0.15, 0.2) is 12.1 Å². The summed E-state index contributed by atoms with van der Waals surface area (Å²) in [7, 11) is 0. The van der Waals surface area contributed by atoms with Crippen molar-refractivity contribution in [2.75, 3.05) is 6.54 Å². The average Bonchev–Trinajstić information content (AvgIpc) is 2.85. The van der Waals surface area contributed by atoms with Gasteiger partial charge in [-0.2, -0.15) is 5.10 Å². The van der Waals surface area contributed by atoms with Crippen molar-refractivity contribution >= 4 is 6.03 Å². The van der Waals surface area contributed by atoms with Gasteiger partial charge in [-0.1, -0.05) is 0 Å². The van der Waals surface area contributed by atoms with Crippen molar-refractivity contribution in [1.29, 1.82) is 0 Å². The van der Waals surface area contributed by atoms with Crippen molar-refractivity contribution in [1.82, 2.24) is 20.0 Å². The number of nitrogens with one attached hydrogen (secondary N) is 1. The molecule has 1 N–H and O–H groups in total. The van der Waals surface area contributed by atoms with Crippen molar-refractivity contribution in [3.63, 3.8) is 0 Å². The van der Waals surface area contributed by atoms with Gasteiger partial charge in [0.1, 0.15) is 11.6 Å². The first kappa shape index (κ1) is 17.4. The Hall–Kier alpha value is -2.44. The molecule has 1 aromatic heterocycles. The van der Waals surface area contributed by atoms with Crippen LogP contribution in [0.5, 0.6) is 0 Å². The fraction of sp³-hybridized carbons (Fsp3) is 0.444. The molecular formula is C18H22F2N4O. The molecule has 134 valence electrons. The Balaban J connectivity index is 1.68. The Morgan fingerprint density at radius 3 is 2.76 bits per heavy atom. The Labute approximate surface area is 145 Å². The Kier molecular flexibility index (Phi) is 4.74. The summed E-state index contributed by atoms with van der Waals surface area (Å²) in [5.74, 6) is -1.15. The first-order valence-corrected chi connectivity index (χ1v) is 8.43. The van der Waals surface area contributed by atoms with E-state index in [9.17, 15) is 13.6 Å². The molecule has 7 heteroatoms. The van der Waals surface area contributed by atoms with Gasteiger partial charge in [-0.05, 0) is 44.4 Å². The lowest BCUT2D eigenvalue weighted by atomic mass is 9.99. The molecular weight excluding hydrogens is 326 g/mol. The quantitative estimate of drug-likeness (QED) is 0.927. The number of hydrogen-bond acceptors (Lipinski definition) is 2. The summed E-state index contributed by atoms with van der Waals surface area (Å²) in [5.41, 5.74) is 3.97. The van der Waals surface area contributed by atoms with Crippen LogP contribution in [0.4, 0.5) is 13.6 Å². The van der Waals surface area contributed by atoms with Crippen molar-refractivity contribution in [3.05, 3.63) is 51.8 Å². The smallest absolute Gasteiger partial charge is 0.317 e. The number of hydrogen-bond donors (Lipinski definition) is 1. The molecule has 2 aromatic rings. The second-order valence-electron chi connectivity index (χ2n) is 6.32. The van der Waals surface area contributed by atoms with Gasteiger partial charge in [-0.25, -0.2) is 13.6 Å². The number of rotatable bonds is 3. The van der Waals surface area contributed by atoms with Crippen LogP contribution < -0.4 is 5.32 Å². The average molecular weight is 348 g/mol. The maximum atomic E-state index is 13.8. The molecule has 1 aromatic carbocycles. The monoisotopic (exact) mass is 348 g/mol. The molecule has 0 saturated carbocycles. The van der Waals surface area contributed by atoms with E-state index >= 15 is 0 Å². The molecule has 3 rings (SSSR count). The molecule has 0 unspecified atom stereocenters. The summed E-state index contributed by atoms with van der Waals surface area (Å²) in [6.45, 7) is 7.70. The SMILES string of the molecule is CCn1nc(C)c(CNC(=O)N2CCc3c(F)cc(F)cc3C2)c1C. The number of halogens is 2. The Morgan fingerprint density at radius 2 is 2.08 bits per heavy atom. The number of benzene rings is 1. The number of amides is 2. The third kappa shape index (κ3) is 3.36. The standard InChI is InChI=1S/C18H22F2N4O/c1-4-24-12(3)16(11(2)22-24)9-21-18(25)23-6-5-15-13(10-23)7-14(19)8-17(15)20/h7-8H,4-6,9-10H2,1-3H3,(H,21,25). The second kappa shape index (κ2) is 6.82. The van der Waals surface area contributed by atoms with E-state index in [1.165, 1.54) is 6.07 Å². The number of carbonyl (C=O) groups is 1. The van der Waals surface area contributed by atoms with Crippen molar-refractivity contribution in [2.24, 2.45) is 0 Å². The Morgan fingerprint density at radius 1 is 1.32 bits per heavy atom. The molecule has 2 heterocycles. The minimum absolute atomic E-state index is 0.210. The highest BCUT2D eigenvalue weighted by Crippen LogP contribution is 2.23. The maximum Gasteiger partial charge on any atom is 0.317 e. The molecule has 1 aliphatic heterocycles. The molecule has 2 amide bonds. The number of nitrogens with zero attached hydrogens (tertiary/aromatic N) is 3. The van der Waals surface area contributed by atoms with E-state index in [0.29, 0.717) is 30.6 Å². The van der Waals surface area contributed by atoms with Gasteiger partial charge in [-0.3, -0.25) is 4.68 Å². The summed E-state index contributed by atoms with van der Waals surface area (Å²) in [4.78, 5) is 14.0. The molecule has 0 bridgehead atoms. The van der Waals surface area contributed by atoms with Gasteiger partial charge in [0, 0.05) is 43.5 Å². The predicted octanol–water partition coefficient (Wildman–Crippen LogP) is 3.07. The van der Waals surface area contributed by atoms with Crippen LogP contribution in [0.25, 0.3) is 0 Å². The van der Waals surface area contributed by atoms with E-state index in [0.717, 1.165) is 29.6 Å². The zero-order valence-electron chi connectivity index (χ0n) is 14.7. The molecule has 0 saturated heterocycles. The molecule has 0 fully saturated rings. The van der Waals surface area contributed by atoms with Crippen LogP contribution >= 0.6 is 0 Å². The van der Waals surface area contributed by atoms with E-state index in [4.69, 9.17) is 0 Å². The van der Waals surface area contributed by atoms with Gasteiger partial charge in [0.25, 0.3) is 0 Å². The summed E-state index contributed by atoms with van der Waals surface area (Å²) < 4.78 is 29.1. The van der Waals surface area contributed by atoms with E-state index in [2.05, 4.69) is 10.4 Å². The summed E-state index contributed by atoms with van der Waals surface area (Å²) in [5, 5.41) is 7.33. The minimum Gasteiger partial charge on any atom is -0.334 e. The fourth-order valence-corrected chi connectivity index (χ4v) is 3.36. The van der Waals surface area contributed by atoms with Crippen molar-refractivity contribution in [2.45, 2.75) is 46.8 Å². The van der Waals surface area contributed by atoms with Gasteiger partial charge in [0.2, 0.25) is 0 Å². The lowest BCUT2D eigenvalue weighted by Crippen LogP contribution is -2.42. The summed E-state index contributed by atoms with van der Waals surface area (Å²) in [6.07, 6.45) is 0.390. The molecule has 1 aliphatic rings. The second-order valence-corrected chi connectivity index (χ2v) is 6.32. The topological polar surface area (TPSA) is 50.2 Å². The number of aryl methyl sites for hydroxylation is 2. The Bertz CT molecular complexity index is 816. The van der Waals surface area contributed by atoms with Crippen molar-refractivity contribution < 1.29 is 13.6 Å². The zero-order valence-corrected chi connectivity index (χ0v) is 14.7. The largest absolute Gasteiger partial charge is 0.334 e. The van der Waals surface area contributed by atoms with E-state index in [-0.39, 0.29) is 12.6 Å². The minimum atomic E-state index is -0.614. The predicted molar refractivity (Wildman–Crippen MR) is 90.1 cm³/mol. The lowest BCUT2D eigenvalue weighted by Gasteiger charge is -2.29. The van der Waals surface area contributed by atoms with Crippen LogP contribution in [0.1, 0.15) is 35.0 Å². The third-order valence-electron chi connectivity index (χ3n) is 4.78. The van der Waals surface area contributed by atoms with Crippen molar-refractivity contribution in [3.8, 4) is 0 Å². The first-order valence-electron chi connectivity index (χ1n) is 8.43. The van der Waals surface area contributed by atoms with E-state index in [1.807, 2.05) is 25.5 Å². The van der Waals surface area contributed by atoms with Crippen LogP contribution in [-0.2, 0) is 26.1 Å². The molecule has 0 radical (unpaired) electrons. The van der Waals surface area contributed by atoms with Crippen LogP contribution in [-0.4, -0.2) is 27.3 Å². The van der Waals surface area contributed by atoms with Crippen LogP contribution in [0, 0.1) is 25.5 Å². The zero-order chi connectivity index (χ0) is 18.1. The van der Waals surface area contributed by atoms with Gasteiger partial charge < -0.3 is 10.2 Å². The molecule has 0 atom stereocenters. The molecule has 25 heavy (non-hydrogen) atoms. The molecule has 5 nitrogen and oxygen atoms in total. The number of aromatic nitrogens is 2. The summed E-state index contributed by atoms with van der Waals surface area (Å²) in [6, 6.07) is 1.96. The fourth-order valence-electron chi connectivity index (χ4n) is 3.36. The highest BCUT2D eigenvalue weighted by molar-refractivity contribution is 5.74. The van der Waals surface area contributed by atoms with Gasteiger partial charge >= 0.3 is 6.03 Å².